The lowest BCUT2D eigenvalue weighted by molar-refractivity contribution is -0.192. The van der Waals surface area contributed by atoms with Crippen molar-refractivity contribution in [3.05, 3.63) is 23.1 Å². The standard InChI is InChI=1S/C14H18ClNO3.C2HF3O2/c15-11-2-1-10(19-11)9-16-14-6-3-13(4-7-14,5-8-14)12(17)18;3-2(4,5)1(6)7/h1-2,16H,3-9H2,(H,17,18);(H,6,7). The van der Waals surface area contributed by atoms with E-state index in [-0.39, 0.29) is 5.54 Å². The molecule has 4 rings (SSSR count). The summed E-state index contributed by atoms with van der Waals surface area (Å²) in [6, 6.07) is 3.62. The molecule has 0 aliphatic heterocycles. The lowest BCUT2D eigenvalue weighted by Crippen LogP contribution is -2.56. The van der Waals surface area contributed by atoms with Gasteiger partial charge in [0.1, 0.15) is 5.76 Å². The molecule has 0 atom stereocenters. The van der Waals surface area contributed by atoms with Gasteiger partial charge in [0, 0.05) is 5.54 Å². The van der Waals surface area contributed by atoms with Crippen LogP contribution in [0.4, 0.5) is 13.2 Å². The van der Waals surface area contributed by atoms with E-state index < -0.39 is 23.5 Å². The number of carboxylic acids is 2. The van der Waals surface area contributed by atoms with E-state index in [2.05, 4.69) is 5.32 Å². The Bertz CT molecular complexity index is 649. The molecule has 0 radical (unpaired) electrons. The van der Waals surface area contributed by atoms with Crippen LogP contribution in [0, 0.1) is 5.41 Å². The number of carboxylic acid groups (broad SMARTS) is 2. The summed E-state index contributed by atoms with van der Waals surface area (Å²) in [4.78, 5) is 20.3. The second-order valence-electron chi connectivity index (χ2n) is 6.73. The topological polar surface area (TPSA) is 99.8 Å². The second-order valence-corrected chi connectivity index (χ2v) is 7.10. The van der Waals surface area contributed by atoms with E-state index in [0.29, 0.717) is 11.8 Å². The number of carbonyl (C=O) groups is 2. The van der Waals surface area contributed by atoms with Crippen LogP contribution in [0.5, 0.6) is 0 Å². The summed E-state index contributed by atoms with van der Waals surface area (Å²) in [7, 11) is 0. The van der Waals surface area contributed by atoms with Crippen molar-refractivity contribution in [2.45, 2.75) is 56.8 Å². The van der Waals surface area contributed by atoms with Crippen molar-refractivity contribution >= 4 is 23.5 Å². The normalized spacial score (nSPS) is 27.5. The summed E-state index contributed by atoms with van der Waals surface area (Å²) >= 11 is 5.75. The highest BCUT2D eigenvalue weighted by Crippen LogP contribution is 2.52. The Balaban J connectivity index is 0.000000298. The zero-order valence-corrected chi connectivity index (χ0v) is 14.5. The van der Waals surface area contributed by atoms with Gasteiger partial charge in [-0.05, 0) is 62.3 Å². The molecule has 3 saturated carbocycles. The minimum atomic E-state index is -5.08. The maximum absolute atomic E-state index is 11.4. The van der Waals surface area contributed by atoms with Crippen molar-refractivity contribution in [2.24, 2.45) is 5.41 Å². The van der Waals surface area contributed by atoms with Gasteiger partial charge in [0.25, 0.3) is 0 Å². The number of furan rings is 1. The van der Waals surface area contributed by atoms with Gasteiger partial charge >= 0.3 is 18.1 Å². The van der Waals surface area contributed by atoms with E-state index in [1.807, 2.05) is 6.07 Å². The summed E-state index contributed by atoms with van der Waals surface area (Å²) in [5.74, 6) is -2.54. The van der Waals surface area contributed by atoms with Gasteiger partial charge in [-0.3, -0.25) is 4.79 Å². The average Bonchev–Trinajstić information content (AvgIpc) is 3.00. The minimum Gasteiger partial charge on any atom is -0.481 e. The maximum Gasteiger partial charge on any atom is 0.490 e. The molecule has 3 aliphatic rings. The Morgan fingerprint density at radius 2 is 1.62 bits per heavy atom. The number of alkyl halides is 3. The van der Waals surface area contributed by atoms with Crippen LogP contribution >= 0.6 is 11.6 Å². The molecule has 10 heteroatoms. The summed E-state index contributed by atoms with van der Waals surface area (Å²) in [6.07, 6.45) is 0.0892. The Labute approximate surface area is 152 Å². The van der Waals surface area contributed by atoms with Crippen LogP contribution < -0.4 is 5.32 Å². The SMILES string of the molecule is O=C(O)C(F)(F)F.O=C(O)C12CCC(NCc3ccc(Cl)o3)(CC1)CC2. The number of rotatable bonds is 4. The smallest absolute Gasteiger partial charge is 0.481 e. The van der Waals surface area contributed by atoms with Crippen molar-refractivity contribution in [1.29, 1.82) is 0 Å². The molecule has 0 unspecified atom stereocenters. The van der Waals surface area contributed by atoms with E-state index in [1.54, 1.807) is 6.07 Å². The summed E-state index contributed by atoms with van der Waals surface area (Å²) in [6.45, 7) is 0.660. The van der Waals surface area contributed by atoms with E-state index in [0.717, 1.165) is 44.3 Å². The molecule has 2 bridgehead atoms. The Hall–Kier alpha value is -1.74. The maximum atomic E-state index is 11.4. The highest BCUT2D eigenvalue weighted by molar-refractivity contribution is 6.28. The molecule has 0 aromatic carbocycles. The van der Waals surface area contributed by atoms with Crippen LogP contribution in [0.25, 0.3) is 0 Å². The Morgan fingerprint density at radius 1 is 1.12 bits per heavy atom. The molecule has 1 aromatic heterocycles. The zero-order chi connectivity index (χ0) is 19.6. The first-order valence-electron chi connectivity index (χ1n) is 8.01. The van der Waals surface area contributed by atoms with Crippen LogP contribution in [0.3, 0.4) is 0 Å². The molecule has 3 aliphatic carbocycles. The first-order chi connectivity index (χ1) is 12.0. The average molecular weight is 398 g/mol. The summed E-state index contributed by atoms with van der Waals surface area (Å²) in [5.41, 5.74) is -0.353. The molecule has 26 heavy (non-hydrogen) atoms. The molecule has 6 nitrogen and oxygen atoms in total. The molecule has 1 aromatic rings. The third-order valence-corrected chi connectivity index (χ3v) is 5.41. The van der Waals surface area contributed by atoms with E-state index in [4.69, 9.17) is 25.9 Å². The van der Waals surface area contributed by atoms with Gasteiger partial charge in [0.2, 0.25) is 0 Å². The first-order valence-corrected chi connectivity index (χ1v) is 8.39. The van der Waals surface area contributed by atoms with Gasteiger partial charge in [-0.2, -0.15) is 13.2 Å². The largest absolute Gasteiger partial charge is 0.490 e. The third-order valence-electron chi connectivity index (χ3n) is 5.21. The quantitative estimate of drug-likeness (QED) is 0.714. The van der Waals surface area contributed by atoms with Crippen LogP contribution in [0.1, 0.15) is 44.3 Å². The lowest BCUT2D eigenvalue weighted by atomic mass is 9.57. The van der Waals surface area contributed by atoms with Crippen molar-refractivity contribution in [3.63, 3.8) is 0 Å². The third kappa shape index (κ3) is 4.70. The fourth-order valence-electron chi connectivity index (χ4n) is 3.49. The molecule has 0 spiro atoms. The van der Waals surface area contributed by atoms with E-state index >= 15 is 0 Å². The Kier molecular flexibility index (Phi) is 5.92. The van der Waals surface area contributed by atoms with Gasteiger partial charge in [0.05, 0.1) is 12.0 Å². The molecule has 3 N–H and O–H groups in total. The fraction of sp³-hybridized carbons (Fsp3) is 0.625. The van der Waals surface area contributed by atoms with Crippen molar-refractivity contribution < 1.29 is 37.4 Å². The molecule has 1 heterocycles. The van der Waals surface area contributed by atoms with Gasteiger partial charge in [-0.25, -0.2) is 4.79 Å². The number of hydrogen-bond acceptors (Lipinski definition) is 4. The zero-order valence-electron chi connectivity index (χ0n) is 13.7. The molecule has 3 fully saturated rings. The molecule has 0 amide bonds. The second kappa shape index (κ2) is 7.48. The van der Waals surface area contributed by atoms with Gasteiger partial charge in [-0.1, -0.05) is 0 Å². The number of hydrogen-bond donors (Lipinski definition) is 3. The number of aliphatic carboxylic acids is 2. The molecular weight excluding hydrogens is 379 g/mol. The lowest BCUT2D eigenvalue weighted by Gasteiger charge is -2.51. The summed E-state index contributed by atoms with van der Waals surface area (Å²) in [5, 5.41) is 20.5. The van der Waals surface area contributed by atoms with Crippen LogP contribution in [-0.2, 0) is 16.1 Å². The fourth-order valence-corrected chi connectivity index (χ4v) is 3.66. The van der Waals surface area contributed by atoms with E-state index in [1.165, 1.54) is 0 Å². The van der Waals surface area contributed by atoms with Gasteiger partial charge in [0.15, 0.2) is 5.22 Å². The van der Waals surface area contributed by atoms with Crippen molar-refractivity contribution in [2.75, 3.05) is 0 Å². The molecule has 0 saturated heterocycles. The molecule has 146 valence electrons. The van der Waals surface area contributed by atoms with Crippen molar-refractivity contribution in [1.82, 2.24) is 5.32 Å². The predicted molar refractivity (Wildman–Crippen MR) is 84.8 cm³/mol. The van der Waals surface area contributed by atoms with Crippen LogP contribution in [-0.4, -0.2) is 33.9 Å². The monoisotopic (exact) mass is 397 g/mol. The van der Waals surface area contributed by atoms with Crippen LogP contribution in [0.2, 0.25) is 5.22 Å². The van der Waals surface area contributed by atoms with E-state index in [9.17, 15) is 23.1 Å². The van der Waals surface area contributed by atoms with Gasteiger partial charge < -0.3 is 19.9 Å². The predicted octanol–water partition coefficient (Wildman–Crippen LogP) is 3.83. The highest BCUT2D eigenvalue weighted by atomic mass is 35.5. The highest BCUT2D eigenvalue weighted by Gasteiger charge is 2.52. The van der Waals surface area contributed by atoms with Crippen LogP contribution in [0.15, 0.2) is 16.5 Å². The molecular formula is C16H19ClF3NO5. The Morgan fingerprint density at radius 3 is 1.96 bits per heavy atom. The number of fused-ring (bicyclic) bond motifs is 3. The van der Waals surface area contributed by atoms with Gasteiger partial charge in [-0.15, -0.1) is 0 Å². The number of halogens is 4. The number of nitrogens with one attached hydrogen (secondary N) is 1. The first kappa shape index (κ1) is 20.6. The minimum absolute atomic E-state index is 0.0937. The van der Waals surface area contributed by atoms with Crippen molar-refractivity contribution in [3.8, 4) is 0 Å². The summed E-state index contributed by atoms with van der Waals surface area (Å²) < 4.78 is 37.1.